The first-order valence-corrected chi connectivity index (χ1v) is 8.83. The summed E-state index contributed by atoms with van der Waals surface area (Å²) in [6.07, 6.45) is 0. The van der Waals surface area contributed by atoms with Gasteiger partial charge in [0.25, 0.3) is 0 Å². The standard InChI is InChI=1S/C18H18O2S/c1-13-3-7-15(8-4-13)17-11-21(19,20)12-18(17)16-9-5-14(2)6-10-16/h3-10H,11-12H2,1-2H3. The molecule has 0 aromatic heterocycles. The van der Waals surface area contributed by atoms with Crippen molar-refractivity contribution in [3.8, 4) is 0 Å². The minimum Gasteiger partial charge on any atom is -0.228 e. The fourth-order valence-corrected chi connectivity index (χ4v) is 4.35. The molecular weight excluding hydrogens is 280 g/mol. The molecule has 0 unspecified atom stereocenters. The van der Waals surface area contributed by atoms with Crippen LogP contribution in [0.4, 0.5) is 0 Å². The third kappa shape index (κ3) is 2.93. The number of benzene rings is 2. The first-order valence-electron chi connectivity index (χ1n) is 7.01. The van der Waals surface area contributed by atoms with E-state index >= 15 is 0 Å². The molecule has 0 aliphatic carbocycles. The zero-order valence-corrected chi connectivity index (χ0v) is 13.1. The lowest BCUT2D eigenvalue weighted by Gasteiger charge is -2.08. The Morgan fingerprint density at radius 2 is 1.00 bits per heavy atom. The maximum Gasteiger partial charge on any atom is 0.158 e. The smallest absolute Gasteiger partial charge is 0.158 e. The minimum absolute atomic E-state index is 0.138. The number of hydrogen-bond acceptors (Lipinski definition) is 2. The van der Waals surface area contributed by atoms with E-state index < -0.39 is 9.84 Å². The van der Waals surface area contributed by atoms with Gasteiger partial charge in [0.1, 0.15) is 0 Å². The van der Waals surface area contributed by atoms with Crippen LogP contribution in [-0.2, 0) is 9.84 Å². The van der Waals surface area contributed by atoms with E-state index in [1.807, 2.05) is 62.4 Å². The summed E-state index contributed by atoms with van der Waals surface area (Å²) in [5.41, 5.74) is 6.27. The van der Waals surface area contributed by atoms with Crippen LogP contribution in [0.25, 0.3) is 11.1 Å². The van der Waals surface area contributed by atoms with Crippen LogP contribution in [0.15, 0.2) is 48.5 Å². The third-order valence-corrected chi connectivity index (χ3v) is 5.35. The number of sulfone groups is 1. The maximum absolute atomic E-state index is 12.1. The van der Waals surface area contributed by atoms with E-state index in [0.717, 1.165) is 22.3 Å². The Morgan fingerprint density at radius 1 is 0.667 bits per heavy atom. The quantitative estimate of drug-likeness (QED) is 0.848. The van der Waals surface area contributed by atoms with E-state index in [2.05, 4.69) is 0 Å². The van der Waals surface area contributed by atoms with Crippen LogP contribution in [0.2, 0.25) is 0 Å². The molecule has 0 saturated carbocycles. The van der Waals surface area contributed by atoms with Crippen LogP contribution in [0.5, 0.6) is 0 Å². The highest BCUT2D eigenvalue weighted by Crippen LogP contribution is 2.35. The summed E-state index contributed by atoms with van der Waals surface area (Å²) in [6, 6.07) is 16.2. The van der Waals surface area contributed by atoms with Gasteiger partial charge in [-0.05, 0) is 36.1 Å². The third-order valence-electron chi connectivity index (χ3n) is 3.89. The van der Waals surface area contributed by atoms with Gasteiger partial charge in [-0.25, -0.2) is 8.42 Å². The lowest BCUT2D eigenvalue weighted by atomic mass is 9.96. The molecule has 0 spiro atoms. The summed E-state index contributed by atoms with van der Waals surface area (Å²) in [5, 5.41) is 0. The number of rotatable bonds is 2. The summed E-state index contributed by atoms with van der Waals surface area (Å²) in [5.74, 6) is 0.276. The van der Waals surface area contributed by atoms with Crippen molar-refractivity contribution < 1.29 is 8.42 Å². The van der Waals surface area contributed by atoms with E-state index in [0.29, 0.717) is 0 Å². The van der Waals surface area contributed by atoms with E-state index in [1.165, 1.54) is 11.1 Å². The second kappa shape index (κ2) is 5.15. The van der Waals surface area contributed by atoms with Gasteiger partial charge in [-0.1, -0.05) is 59.7 Å². The Kier molecular flexibility index (Phi) is 3.46. The molecule has 3 heteroatoms. The summed E-state index contributed by atoms with van der Waals surface area (Å²) in [7, 11) is -3.04. The van der Waals surface area contributed by atoms with Gasteiger partial charge in [0.05, 0.1) is 11.5 Å². The molecule has 0 fully saturated rings. The highest BCUT2D eigenvalue weighted by molar-refractivity contribution is 7.92. The molecule has 2 nitrogen and oxygen atoms in total. The first-order chi connectivity index (χ1) is 9.94. The first kappa shape index (κ1) is 14.1. The summed E-state index contributed by atoms with van der Waals surface area (Å²) in [4.78, 5) is 0. The summed E-state index contributed by atoms with van der Waals surface area (Å²) < 4.78 is 24.2. The molecule has 21 heavy (non-hydrogen) atoms. The van der Waals surface area contributed by atoms with Gasteiger partial charge in [-0.3, -0.25) is 0 Å². The van der Waals surface area contributed by atoms with Crippen molar-refractivity contribution >= 4 is 21.0 Å². The van der Waals surface area contributed by atoms with E-state index in [9.17, 15) is 8.42 Å². The van der Waals surface area contributed by atoms with Gasteiger partial charge in [-0.15, -0.1) is 0 Å². The molecule has 1 aliphatic rings. The van der Waals surface area contributed by atoms with Crippen LogP contribution < -0.4 is 0 Å². The average Bonchev–Trinajstić information content (AvgIpc) is 2.76. The summed E-state index contributed by atoms with van der Waals surface area (Å²) in [6.45, 7) is 4.06. The molecule has 2 aromatic carbocycles. The van der Waals surface area contributed by atoms with Gasteiger partial charge in [0.2, 0.25) is 0 Å². The Morgan fingerprint density at radius 3 is 1.33 bits per heavy atom. The molecule has 3 rings (SSSR count). The van der Waals surface area contributed by atoms with Gasteiger partial charge >= 0.3 is 0 Å². The fraction of sp³-hybridized carbons (Fsp3) is 0.222. The van der Waals surface area contributed by atoms with Crippen LogP contribution in [-0.4, -0.2) is 19.9 Å². The van der Waals surface area contributed by atoms with Crippen LogP contribution in [0.1, 0.15) is 22.3 Å². The van der Waals surface area contributed by atoms with E-state index in [-0.39, 0.29) is 11.5 Å². The lowest BCUT2D eigenvalue weighted by molar-refractivity contribution is 0.604. The molecule has 108 valence electrons. The topological polar surface area (TPSA) is 34.1 Å². The molecule has 1 heterocycles. The van der Waals surface area contributed by atoms with Crippen molar-refractivity contribution in [2.24, 2.45) is 0 Å². The van der Waals surface area contributed by atoms with Crippen LogP contribution >= 0.6 is 0 Å². The molecule has 0 atom stereocenters. The number of hydrogen-bond donors (Lipinski definition) is 0. The zero-order chi connectivity index (χ0) is 15.0. The average molecular weight is 298 g/mol. The minimum atomic E-state index is -3.04. The normalized spacial score (nSPS) is 17.2. The second-order valence-electron chi connectivity index (χ2n) is 5.72. The van der Waals surface area contributed by atoms with Crippen LogP contribution in [0, 0.1) is 13.8 Å². The van der Waals surface area contributed by atoms with Crippen molar-refractivity contribution in [3.05, 3.63) is 70.8 Å². The zero-order valence-electron chi connectivity index (χ0n) is 12.3. The van der Waals surface area contributed by atoms with Gasteiger partial charge in [-0.2, -0.15) is 0 Å². The molecule has 0 radical (unpaired) electrons. The highest BCUT2D eigenvalue weighted by Gasteiger charge is 2.28. The largest absolute Gasteiger partial charge is 0.228 e. The summed E-state index contributed by atoms with van der Waals surface area (Å²) >= 11 is 0. The second-order valence-corrected chi connectivity index (χ2v) is 7.79. The van der Waals surface area contributed by atoms with Crippen molar-refractivity contribution in [3.63, 3.8) is 0 Å². The fourth-order valence-electron chi connectivity index (χ4n) is 2.69. The Bertz CT molecular complexity index is 732. The maximum atomic E-state index is 12.1. The molecule has 1 aliphatic heterocycles. The molecule has 2 aromatic rings. The molecule has 0 bridgehead atoms. The molecule has 0 saturated heterocycles. The Labute approximate surface area is 126 Å². The monoisotopic (exact) mass is 298 g/mol. The van der Waals surface area contributed by atoms with Crippen LogP contribution in [0.3, 0.4) is 0 Å². The Balaban J connectivity index is 2.13. The molecular formula is C18H18O2S. The predicted molar refractivity (Wildman–Crippen MR) is 87.8 cm³/mol. The van der Waals surface area contributed by atoms with Gasteiger partial charge < -0.3 is 0 Å². The van der Waals surface area contributed by atoms with E-state index in [4.69, 9.17) is 0 Å². The van der Waals surface area contributed by atoms with Crippen molar-refractivity contribution in [2.75, 3.05) is 11.5 Å². The van der Waals surface area contributed by atoms with Crippen molar-refractivity contribution in [1.82, 2.24) is 0 Å². The van der Waals surface area contributed by atoms with Gasteiger partial charge in [0.15, 0.2) is 9.84 Å². The molecule has 0 N–H and O–H groups in total. The van der Waals surface area contributed by atoms with Gasteiger partial charge in [0, 0.05) is 0 Å². The van der Waals surface area contributed by atoms with Crippen molar-refractivity contribution in [1.29, 1.82) is 0 Å². The number of aryl methyl sites for hydroxylation is 2. The molecule has 0 amide bonds. The van der Waals surface area contributed by atoms with Crippen molar-refractivity contribution in [2.45, 2.75) is 13.8 Å². The predicted octanol–water partition coefficient (Wildman–Crippen LogP) is 3.64. The lowest BCUT2D eigenvalue weighted by Crippen LogP contribution is -2.03. The van der Waals surface area contributed by atoms with E-state index in [1.54, 1.807) is 0 Å². The Hall–Kier alpha value is -1.87. The highest BCUT2D eigenvalue weighted by atomic mass is 32.2. The SMILES string of the molecule is Cc1ccc(C2=C(c3ccc(C)cc3)CS(=O)(=O)C2)cc1.